The van der Waals surface area contributed by atoms with E-state index in [1.54, 1.807) is 10.9 Å². The Balaban J connectivity index is 2.00. The fourth-order valence-electron chi connectivity index (χ4n) is 2.00. The molecule has 0 fully saturated rings. The Bertz CT molecular complexity index is 589. The maximum Gasteiger partial charge on any atom is 0.222 e. The van der Waals surface area contributed by atoms with Crippen LogP contribution in [0.4, 0.5) is 5.69 Å². The van der Waals surface area contributed by atoms with Crippen molar-refractivity contribution in [1.82, 2.24) is 15.1 Å². The van der Waals surface area contributed by atoms with Crippen LogP contribution in [0.1, 0.15) is 20.3 Å². The summed E-state index contributed by atoms with van der Waals surface area (Å²) in [7, 11) is 0. The number of benzene rings is 1. The summed E-state index contributed by atoms with van der Waals surface area (Å²) in [6, 6.07) is 7.84. The minimum atomic E-state index is 0.0382. The number of hydrogen-bond acceptors (Lipinski definition) is 3. The van der Waals surface area contributed by atoms with E-state index in [0.29, 0.717) is 13.0 Å². The van der Waals surface area contributed by atoms with Crippen molar-refractivity contribution >= 4 is 11.6 Å². The van der Waals surface area contributed by atoms with Crippen LogP contribution in [0.2, 0.25) is 0 Å². The van der Waals surface area contributed by atoms with E-state index in [1.165, 1.54) is 0 Å². The first-order chi connectivity index (χ1) is 9.56. The highest BCUT2D eigenvalue weighted by Gasteiger charge is 2.07. The van der Waals surface area contributed by atoms with E-state index >= 15 is 0 Å². The Hall–Kier alpha value is -2.30. The van der Waals surface area contributed by atoms with Crippen LogP contribution in [0.3, 0.4) is 0 Å². The number of nitrogens with two attached hydrogens (primary N) is 1. The number of aromatic nitrogens is 2. The number of aryl methyl sites for hydroxylation is 1. The lowest BCUT2D eigenvalue weighted by molar-refractivity contribution is -0.121. The van der Waals surface area contributed by atoms with Gasteiger partial charge in [0.2, 0.25) is 5.91 Å². The van der Waals surface area contributed by atoms with Gasteiger partial charge < -0.3 is 11.1 Å². The summed E-state index contributed by atoms with van der Waals surface area (Å²) in [6.45, 7) is 4.45. The first kappa shape index (κ1) is 14.1. The molecule has 0 bridgehead atoms. The Morgan fingerprint density at radius 2 is 2.15 bits per heavy atom. The van der Waals surface area contributed by atoms with Crippen molar-refractivity contribution in [1.29, 1.82) is 0 Å². The monoisotopic (exact) mass is 272 g/mol. The van der Waals surface area contributed by atoms with Gasteiger partial charge in [-0.1, -0.05) is 18.2 Å². The molecule has 106 valence electrons. The third kappa shape index (κ3) is 3.60. The van der Waals surface area contributed by atoms with Crippen LogP contribution in [-0.4, -0.2) is 21.7 Å². The average molecular weight is 272 g/mol. The lowest BCUT2D eigenvalue weighted by atomic mass is 10.1. The van der Waals surface area contributed by atoms with Gasteiger partial charge in [-0.3, -0.25) is 9.48 Å². The maximum absolute atomic E-state index is 11.6. The van der Waals surface area contributed by atoms with Gasteiger partial charge in [0.05, 0.1) is 6.20 Å². The zero-order valence-electron chi connectivity index (χ0n) is 11.8. The van der Waals surface area contributed by atoms with E-state index < -0.39 is 0 Å². The van der Waals surface area contributed by atoms with E-state index in [4.69, 9.17) is 5.73 Å². The molecule has 0 saturated heterocycles. The number of anilines is 1. The van der Waals surface area contributed by atoms with Crippen molar-refractivity contribution in [3.63, 3.8) is 0 Å². The first-order valence-electron chi connectivity index (χ1n) is 6.73. The van der Waals surface area contributed by atoms with Gasteiger partial charge in [-0.2, -0.15) is 5.10 Å². The molecule has 2 rings (SSSR count). The molecule has 1 amide bonds. The number of nitrogens with zero attached hydrogens (tertiary/aromatic N) is 2. The molecule has 3 N–H and O–H groups in total. The fourth-order valence-corrected chi connectivity index (χ4v) is 2.00. The third-order valence-corrected chi connectivity index (χ3v) is 2.92. The van der Waals surface area contributed by atoms with Gasteiger partial charge in [0.25, 0.3) is 0 Å². The van der Waals surface area contributed by atoms with E-state index in [2.05, 4.69) is 10.4 Å². The van der Waals surface area contributed by atoms with E-state index in [1.807, 2.05) is 44.3 Å². The highest BCUT2D eigenvalue weighted by atomic mass is 16.1. The number of carbonyl (C=O) groups excluding carboxylic acids is 1. The Labute approximate surface area is 118 Å². The summed E-state index contributed by atoms with van der Waals surface area (Å²) in [5.74, 6) is 0.0382. The molecular formula is C15H20N4O. The second-order valence-electron chi connectivity index (χ2n) is 5.05. The minimum absolute atomic E-state index is 0.0382. The summed E-state index contributed by atoms with van der Waals surface area (Å²) in [6.07, 6.45) is 4.10. The van der Waals surface area contributed by atoms with Gasteiger partial charge >= 0.3 is 0 Å². The van der Waals surface area contributed by atoms with Crippen molar-refractivity contribution in [3.05, 3.63) is 36.7 Å². The Kier molecular flexibility index (Phi) is 4.40. The largest absolute Gasteiger partial charge is 0.398 e. The molecule has 0 atom stereocenters. The number of nitrogens with one attached hydrogen (secondary N) is 1. The second-order valence-corrected chi connectivity index (χ2v) is 5.05. The maximum atomic E-state index is 11.6. The van der Waals surface area contributed by atoms with Gasteiger partial charge in [0.1, 0.15) is 0 Å². The fraction of sp³-hybridized carbons (Fsp3) is 0.333. The Morgan fingerprint density at radius 3 is 2.85 bits per heavy atom. The molecule has 1 aromatic heterocycles. The molecule has 0 saturated carbocycles. The number of rotatable bonds is 5. The van der Waals surface area contributed by atoms with Crippen molar-refractivity contribution in [2.45, 2.75) is 32.9 Å². The molecule has 0 spiro atoms. The average Bonchev–Trinajstić information content (AvgIpc) is 2.85. The van der Waals surface area contributed by atoms with Crippen molar-refractivity contribution < 1.29 is 4.79 Å². The molecule has 0 aliphatic carbocycles. The van der Waals surface area contributed by atoms with Crippen LogP contribution in [0.25, 0.3) is 11.1 Å². The van der Waals surface area contributed by atoms with Crippen LogP contribution >= 0.6 is 0 Å². The van der Waals surface area contributed by atoms with Gasteiger partial charge in [-0.15, -0.1) is 0 Å². The molecule has 1 aromatic carbocycles. The minimum Gasteiger partial charge on any atom is -0.398 e. The highest BCUT2D eigenvalue weighted by molar-refractivity contribution is 5.76. The SMILES string of the molecule is CC(C)NC(=O)CCn1cc(-c2ccccc2N)cn1. The van der Waals surface area contributed by atoms with E-state index in [9.17, 15) is 4.79 Å². The molecular weight excluding hydrogens is 252 g/mol. The molecule has 20 heavy (non-hydrogen) atoms. The topological polar surface area (TPSA) is 72.9 Å². The van der Waals surface area contributed by atoms with Crippen LogP contribution < -0.4 is 11.1 Å². The standard InChI is InChI=1S/C15H20N4O/c1-11(2)18-15(20)7-8-19-10-12(9-17-19)13-5-3-4-6-14(13)16/h3-6,9-11H,7-8,16H2,1-2H3,(H,18,20). The van der Waals surface area contributed by atoms with Crippen LogP contribution in [0, 0.1) is 0 Å². The number of nitrogen functional groups attached to an aromatic ring is 1. The molecule has 1 heterocycles. The molecule has 0 unspecified atom stereocenters. The van der Waals surface area contributed by atoms with E-state index in [0.717, 1.165) is 16.8 Å². The lowest BCUT2D eigenvalue weighted by Crippen LogP contribution is -2.30. The number of hydrogen-bond donors (Lipinski definition) is 2. The summed E-state index contributed by atoms with van der Waals surface area (Å²) in [4.78, 5) is 11.6. The Morgan fingerprint density at radius 1 is 1.40 bits per heavy atom. The van der Waals surface area contributed by atoms with Crippen LogP contribution in [0.15, 0.2) is 36.7 Å². The number of amides is 1. The normalized spacial score (nSPS) is 10.8. The summed E-state index contributed by atoms with van der Waals surface area (Å²) in [5.41, 5.74) is 8.59. The summed E-state index contributed by atoms with van der Waals surface area (Å²) < 4.78 is 1.77. The third-order valence-electron chi connectivity index (χ3n) is 2.92. The zero-order valence-corrected chi connectivity index (χ0v) is 11.8. The molecule has 2 aromatic rings. The van der Waals surface area contributed by atoms with E-state index in [-0.39, 0.29) is 11.9 Å². The van der Waals surface area contributed by atoms with Gasteiger partial charge in [0, 0.05) is 42.0 Å². The van der Waals surface area contributed by atoms with Gasteiger partial charge in [-0.25, -0.2) is 0 Å². The molecule has 5 heteroatoms. The van der Waals surface area contributed by atoms with Gasteiger partial charge in [-0.05, 0) is 19.9 Å². The number of carbonyl (C=O) groups is 1. The highest BCUT2D eigenvalue weighted by Crippen LogP contribution is 2.24. The molecule has 0 radical (unpaired) electrons. The molecule has 5 nitrogen and oxygen atoms in total. The predicted octanol–water partition coefficient (Wildman–Crippen LogP) is 2.05. The van der Waals surface area contributed by atoms with Crippen molar-refractivity contribution in [2.75, 3.05) is 5.73 Å². The molecule has 0 aliphatic rings. The quantitative estimate of drug-likeness (QED) is 0.818. The summed E-state index contributed by atoms with van der Waals surface area (Å²) in [5, 5.41) is 7.13. The van der Waals surface area contributed by atoms with Gasteiger partial charge in [0.15, 0.2) is 0 Å². The zero-order chi connectivity index (χ0) is 14.5. The van der Waals surface area contributed by atoms with Crippen LogP contribution in [-0.2, 0) is 11.3 Å². The van der Waals surface area contributed by atoms with Crippen molar-refractivity contribution in [3.8, 4) is 11.1 Å². The lowest BCUT2D eigenvalue weighted by Gasteiger charge is -2.07. The van der Waals surface area contributed by atoms with Crippen molar-refractivity contribution in [2.24, 2.45) is 0 Å². The second kappa shape index (κ2) is 6.23. The smallest absolute Gasteiger partial charge is 0.222 e. The predicted molar refractivity (Wildman–Crippen MR) is 80.0 cm³/mol. The summed E-state index contributed by atoms with van der Waals surface area (Å²) >= 11 is 0. The first-order valence-corrected chi connectivity index (χ1v) is 6.73. The van der Waals surface area contributed by atoms with Crippen LogP contribution in [0.5, 0.6) is 0 Å². The molecule has 0 aliphatic heterocycles. The number of para-hydroxylation sites is 1.